The third-order valence-electron chi connectivity index (χ3n) is 2.93. The van der Waals surface area contributed by atoms with Crippen LogP contribution in [0.25, 0.3) is 0 Å². The molecule has 2 aromatic carbocycles. The molecule has 0 atom stereocenters. The lowest BCUT2D eigenvalue weighted by atomic mass is 10.2. The molecule has 0 aromatic heterocycles. The minimum atomic E-state index is -0.0347. The molecule has 2 aromatic rings. The zero-order chi connectivity index (χ0) is 14.2. The summed E-state index contributed by atoms with van der Waals surface area (Å²) in [5.41, 5.74) is 7.39. The van der Waals surface area contributed by atoms with E-state index in [1.807, 2.05) is 48.5 Å². The highest BCUT2D eigenvalue weighted by Crippen LogP contribution is 2.19. The predicted molar refractivity (Wildman–Crippen MR) is 77.7 cm³/mol. The molecule has 0 aliphatic heterocycles. The SMILES string of the molecule is NCc1ccccc1OCCOc1ccccc1CO. The molecule has 0 saturated carbocycles. The molecule has 0 spiro atoms. The lowest BCUT2D eigenvalue weighted by molar-refractivity contribution is 0.209. The number of rotatable bonds is 7. The van der Waals surface area contributed by atoms with Gasteiger partial charge in [-0.1, -0.05) is 36.4 Å². The van der Waals surface area contributed by atoms with Gasteiger partial charge in [0.05, 0.1) is 6.61 Å². The predicted octanol–water partition coefficient (Wildman–Crippen LogP) is 2.10. The number of nitrogens with two attached hydrogens (primary N) is 1. The summed E-state index contributed by atoms with van der Waals surface area (Å²) in [6, 6.07) is 15.1. The maximum atomic E-state index is 9.20. The molecule has 20 heavy (non-hydrogen) atoms. The van der Waals surface area contributed by atoms with Crippen molar-refractivity contribution in [2.24, 2.45) is 5.73 Å². The Balaban J connectivity index is 1.84. The third kappa shape index (κ3) is 3.73. The monoisotopic (exact) mass is 273 g/mol. The Morgan fingerprint density at radius 1 is 0.800 bits per heavy atom. The molecule has 0 amide bonds. The highest BCUT2D eigenvalue weighted by atomic mass is 16.5. The van der Waals surface area contributed by atoms with Crippen molar-refractivity contribution in [1.82, 2.24) is 0 Å². The summed E-state index contributed by atoms with van der Waals surface area (Å²) in [5, 5.41) is 9.20. The smallest absolute Gasteiger partial charge is 0.124 e. The Labute approximate surface area is 118 Å². The molecule has 0 fully saturated rings. The number of benzene rings is 2. The molecule has 0 aliphatic carbocycles. The Morgan fingerprint density at radius 2 is 1.30 bits per heavy atom. The summed E-state index contributed by atoms with van der Waals surface area (Å²) >= 11 is 0. The number of aliphatic hydroxyl groups excluding tert-OH is 1. The second-order valence-corrected chi connectivity index (χ2v) is 4.27. The Kier molecular flexibility index (Phi) is 5.41. The molecule has 3 N–H and O–H groups in total. The maximum Gasteiger partial charge on any atom is 0.124 e. The molecular weight excluding hydrogens is 254 g/mol. The fourth-order valence-corrected chi connectivity index (χ4v) is 1.89. The minimum Gasteiger partial charge on any atom is -0.490 e. The van der Waals surface area contributed by atoms with Crippen LogP contribution < -0.4 is 15.2 Å². The summed E-state index contributed by atoms with van der Waals surface area (Å²) in [5.74, 6) is 1.47. The van der Waals surface area contributed by atoms with Crippen molar-refractivity contribution in [3.8, 4) is 11.5 Å². The van der Waals surface area contributed by atoms with E-state index in [0.29, 0.717) is 25.5 Å². The molecule has 0 unspecified atom stereocenters. The molecule has 4 nitrogen and oxygen atoms in total. The molecule has 0 heterocycles. The Morgan fingerprint density at radius 3 is 1.85 bits per heavy atom. The summed E-state index contributed by atoms with van der Waals surface area (Å²) in [4.78, 5) is 0. The molecule has 4 heteroatoms. The van der Waals surface area contributed by atoms with E-state index in [2.05, 4.69) is 0 Å². The molecular formula is C16H19NO3. The van der Waals surface area contributed by atoms with Gasteiger partial charge in [-0.25, -0.2) is 0 Å². The quantitative estimate of drug-likeness (QED) is 0.758. The Hall–Kier alpha value is -2.04. The number of para-hydroxylation sites is 2. The van der Waals surface area contributed by atoms with Gasteiger partial charge in [-0.3, -0.25) is 0 Å². The van der Waals surface area contributed by atoms with Crippen molar-refractivity contribution in [2.75, 3.05) is 13.2 Å². The number of hydrogen-bond donors (Lipinski definition) is 2. The lowest BCUT2D eigenvalue weighted by Crippen LogP contribution is -2.11. The van der Waals surface area contributed by atoms with E-state index in [4.69, 9.17) is 15.2 Å². The van der Waals surface area contributed by atoms with Crippen molar-refractivity contribution in [1.29, 1.82) is 0 Å². The average Bonchev–Trinajstić information content (AvgIpc) is 2.52. The average molecular weight is 273 g/mol. The van der Waals surface area contributed by atoms with Gasteiger partial charge in [0.25, 0.3) is 0 Å². The summed E-state index contributed by atoms with van der Waals surface area (Å²) in [7, 11) is 0. The number of aliphatic hydroxyl groups is 1. The van der Waals surface area contributed by atoms with Crippen LogP contribution in [-0.2, 0) is 13.2 Å². The summed E-state index contributed by atoms with van der Waals surface area (Å²) in [6.45, 7) is 1.25. The van der Waals surface area contributed by atoms with Crippen LogP contribution in [0.3, 0.4) is 0 Å². The summed E-state index contributed by atoms with van der Waals surface area (Å²) in [6.07, 6.45) is 0. The van der Waals surface area contributed by atoms with Crippen molar-refractivity contribution >= 4 is 0 Å². The molecule has 106 valence electrons. The van der Waals surface area contributed by atoms with Crippen LogP contribution in [0.5, 0.6) is 11.5 Å². The van der Waals surface area contributed by atoms with E-state index in [1.54, 1.807) is 0 Å². The van der Waals surface area contributed by atoms with Gasteiger partial charge in [0.2, 0.25) is 0 Å². The van der Waals surface area contributed by atoms with Crippen molar-refractivity contribution in [3.05, 3.63) is 59.7 Å². The molecule has 0 saturated heterocycles. The molecule has 0 radical (unpaired) electrons. The first-order valence-electron chi connectivity index (χ1n) is 6.57. The van der Waals surface area contributed by atoms with Crippen LogP contribution in [0.4, 0.5) is 0 Å². The van der Waals surface area contributed by atoms with Crippen LogP contribution in [0.1, 0.15) is 11.1 Å². The normalized spacial score (nSPS) is 10.3. The largest absolute Gasteiger partial charge is 0.490 e. The van der Waals surface area contributed by atoms with Gasteiger partial charge in [0.1, 0.15) is 24.7 Å². The molecule has 2 rings (SSSR count). The topological polar surface area (TPSA) is 64.7 Å². The second kappa shape index (κ2) is 7.53. The maximum absolute atomic E-state index is 9.20. The van der Waals surface area contributed by atoms with Gasteiger partial charge in [-0.2, -0.15) is 0 Å². The van der Waals surface area contributed by atoms with Crippen molar-refractivity contribution in [3.63, 3.8) is 0 Å². The zero-order valence-electron chi connectivity index (χ0n) is 11.3. The Bertz CT molecular complexity index is 493. The number of ether oxygens (including phenoxy) is 2. The van der Waals surface area contributed by atoms with Gasteiger partial charge in [0.15, 0.2) is 0 Å². The van der Waals surface area contributed by atoms with E-state index in [1.165, 1.54) is 0 Å². The molecule has 0 aliphatic rings. The summed E-state index contributed by atoms with van der Waals surface area (Å²) < 4.78 is 11.3. The fourth-order valence-electron chi connectivity index (χ4n) is 1.89. The van der Waals surface area contributed by atoms with Gasteiger partial charge in [-0.15, -0.1) is 0 Å². The molecule has 0 bridgehead atoms. The van der Waals surface area contributed by atoms with E-state index in [-0.39, 0.29) is 6.61 Å². The lowest BCUT2D eigenvalue weighted by Gasteiger charge is -2.12. The minimum absolute atomic E-state index is 0.0347. The van der Waals surface area contributed by atoms with Gasteiger partial charge < -0.3 is 20.3 Å². The van der Waals surface area contributed by atoms with Crippen LogP contribution >= 0.6 is 0 Å². The van der Waals surface area contributed by atoms with Crippen LogP contribution in [0, 0.1) is 0 Å². The standard InChI is InChI=1S/C16H19NO3/c17-11-13-5-1-3-7-15(13)19-9-10-20-16-8-4-2-6-14(16)12-18/h1-8,18H,9-12,17H2. The van der Waals surface area contributed by atoms with E-state index >= 15 is 0 Å². The number of hydrogen-bond acceptors (Lipinski definition) is 4. The van der Waals surface area contributed by atoms with E-state index in [0.717, 1.165) is 16.9 Å². The zero-order valence-corrected chi connectivity index (χ0v) is 11.3. The van der Waals surface area contributed by atoms with Crippen molar-refractivity contribution in [2.45, 2.75) is 13.2 Å². The van der Waals surface area contributed by atoms with Crippen molar-refractivity contribution < 1.29 is 14.6 Å². The first-order valence-corrected chi connectivity index (χ1v) is 6.57. The third-order valence-corrected chi connectivity index (χ3v) is 2.93. The highest BCUT2D eigenvalue weighted by Gasteiger charge is 2.03. The van der Waals surface area contributed by atoms with Gasteiger partial charge >= 0.3 is 0 Å². The highest BCUT2D eigenvalue weighted by molar-refractivity contribution is 5.33. The first kappa shape index (κ1) is 14.4. The van der Waals surface area contributed by atoms with E-state index < -0.39 is 0 Å². The van der Waals surface area contributed by atoms with Crippen LogP contribution in [0.15, 0.2) is 48.5 Å². The van der Waals surface area contributed by atoms with Gasteiger partial charge in [-0.05, 0) is 12.1 Å². The van der Waals surface area contributed by atoms with E-state index in [9.17, 15) is 5.11 Å². The van der Waals surface area contributed by atoms with Crippen LogP contribution in [-0.4, -0.2) is 18.3 Å². The van der Waals surface area contributed by atoms with Crippen LogP contribution in [0.2, 0.25) is 0 Å². The first-order chi connectivity index (χ1) is 9.85. The fraction of sp³-hybridized carbons (Fsp3) is 0.250. The second-order valence-electron chi connectivity index (χ2n) is 4.27. The van der Waals surface area contributed by atoms with Gasteiger partial charge in [0, 0.05) is 17.7 Å².